The number of aromatic nitrogens is 5. The minimum Gasteiger partial charge on any atom is -0.366 e. The third kappa shape index (κ3) is 4.55. The number of anilines is 1. The fourth-order valence-electron chi connectivity index (χ4n) is 4.42. The summed E-state index contributed by atoms with van der Waals surface area (Å²) in [5.74, 6) is 0.863. The molecule has 35 heavy (non-hydrogen) atoms. The first-order chi connectivity index (χ1) is 16.8. The summed E-state index contributed by atoms with van der Waals surface area (Å²) in [5.41, 5.74) is 8.81. The molecule has 0 aliphatic heterocycles. The van der Waals surface area contributed by atoms with E-state index in [0.29, 0.717) is 13.1 Å². The lowest BCUT2D eigenvalue weighted by atomic mass is 10.0. The van der Waals surface area contributed by atoms with Crippen LogP contribution in [0.2, 0.25) is 0 Å². The van der Waals surface area contributed by atoms with E-state index in [1.807, 2.05) is 67.3 Å². The maximum Gasteiger partial charge on any atom is 0.232 e. The standard InChI is InChI=1S/C25H27N7O2S/c1-15-11-23(26-13-18-5-7-19(8-6-18)14-27-35(33)34)32-25(28-15)24(17(3)30-32)20-9-10-22-21(12-20)16(2)29-31(22)4/h5-12,26-27H,13-14H2,1-4H3,(H,33,34). The number of nitrogens with zero attached hydrogens (tertiary/aromatic N) is 5. The van der Waals surface area contributed by atoms with E-state index in [0.717, 1.165) is 61.7 Å². The quantitative estimate of drug-likeness (QED) is 0.298. The molecule has 1 unspecified atom stereocenters. The summed E-state index contributed by atoms with van der Waals surface area (Å²) in [6.45, 7) is 6.96. The average Bonchev–Trinajstić information content (AvgIpc) is 3.31. The molecule has 0 aliphatic rings. The number of rotatable bonds is 7. The Hall–Kier alpha value is -3.60. The maximum absolute atomic E-state index is 10.8. The molecular weight excluding hydrogens is 462 g/mol. The highest BCUT2D eigenvalue weighted by Gasteiger charge is 2.17. The molecule has 5 aromatic rings. The Bertz CT molecular complexity index is 1570. The summed E-state index contributed by atoms with van der Waals surface area (Å²) in [7, 11) is 1.96. The van der Waals surface area contributed by atoms with E-state index in [4.69, 9.17) is 14.6 Å². The van der Waals surface area contributed by atoms with Gasteiger partial charge in [-0.25, -0.2) is 13.9 Å². The Morgan fingerprint density at radius 1 is 0.943 bits per heavy atom. The van der Waals surface area contributed by atoms with Crippen LogP contribution in [0, 0.1) is 20.8 Å². The second-order valence-corrected chi connectivity index (χ2v) is 9.45. The van der Waals surface area contributed by atoms with Crippen LogP contribution in [0.5, 0.6) is 0 Å². The number of nitrogens with one attached hydrogen (secondary N) is 2. The van der Waals surface area contributed by atoms with Crippen LogP contribution in [-0.2, 0) is 31.4 Å². The van der Waals surface area contributed by atoms with Gasteiger partial charge in [0.1, 0.15) is 5.82 Å². The lowest BCUT2D eigenvalue weighted by Crippen LogP contribution is -2.15. The molecule has 0 bridgehead atoms. The van der Waals surface area contributed by atoms with E-state index in [1.165, 1.54) is 0 Å². The molecule has 3 heterocycles. The van der Waals surface area contributed by atoms with E-state index < -0.39 is 11.3 Å². The van der Waals surface area contributed by atoms with Gasteiger partial charge in [-0.3, -0.25) is 9.23 Å². The molecule has 0 fully saturated rings. The predicted molar refractivity (Wildman–Crippen MR) is 138 cm³/mol. The van der Waals surface area contributed by atoms with Crippen LogP contribution < -0.4 is 10.0 Å². The second kappa shape index (κ2) is 9.21. The van der Waals surface area contributed by atoms with Crippen molar-refractivity contribution in [1.29, 1.82) is 0 Å². The van der Waals surface area contributed by atoms with E-state index in [-0.39, 0.29) is 0 Å². The third-order valence-corrected chi connectivity index (χ3v) is 6.50. The number of benzene rings is 2. The van der Waals surface area contributed by atoms with Gasteiger partial charge in [0.2, 0.25) is 11.3 Å². The number of hydrogen-bond acceptors (Lipinski definition) is 5. The highest BCUT2D eigenvalue weighted by molar-refractivity contribution is 7.77. The Morgan fingerprint density at radius 3 is 2.37 bits per heavy atom. The zero-order valence-electron chi connectivity index (χ0n) is 20.0. The second-order valence-electron chi connectivity index (χ2n) is 8.66. The Labute approximate surface area is 205 Å². The lowest BCUT2D eigenvalue weighted by Gasteiger charge is -2.11. The number of fused-ring (bicyclic) bond motifs is 2. The van der Waals surface area contributed by atoms with Gasteiger partial charge in [-0.1, -0.05) is 30.3 Å². The number of hydrogen-bond donors (Lipinski definition) is 3. The smallest absolute Gasteiger partial charge is 0.232 e. The maximum atomic E-state index is 10.8. The van der Waals surface area contributed by atoms with Crippen LogP contribution in [0.3, 0.4) is 0 Å². The Balaban J connectivity index is 1.46. The average molecular weight is 490 g/mol. The van der Waals surface area contributed by atoms with Gasteiger partial charge in [0.25, 0.3) is 0 Å². The molecule has 0 saturated carbocycles. The molecule has 10 heteroatoms. The molecule has 180 valence electrons. The van der Waals surface area contributed by atoms with Gasteiger partial charge in [-0.2, -0.15) is 14.7 Å². The van der Waals surface area contributed by atoms with Gasteiger partial charge in [0.15, 0.2) is 5.65 Å². The number of aryl methyl sites for hydroxylation is 4. The summed E-state index contributed by atoms with van der Waals surface area (Å²) in [5, 5.41) is 14.0. The molecule has 0 amide bonds. The molecule has 0 aliphatic carbocycles. The van der Waals surface area contributed by atoms with Crippen LogP contribution >= 0.6 is 0 Å². The van der Waals surface area contributed by atoms with Crippen LogP contribution in [0.25, 0.3) is 27.7 Å². The van der Waals surface area contributed by atoms with Crippen molar-refractivity contribution in [3.05, 3.63) is 76.7 Å². The topological polar surface area (TPSA) is 109 Å². The Morgan fingerprint density at radius 2 is 1.66 bits per heavy atom. The predicted octanol–water partition coefficient (Wildman–Crippen LogP) is 4.05. The van der Waals surface area contributed by atoms with Crippen molar-refractivity contribution in [2.75, 3.05) is 5.32 Å². The van der Waals surface area contributed by atoms with Crippen molar-refractivity contribution >= 4 is 33.6 Å². The van der Waals surface area contributed by atoms with Crippen molar-refractivity contribution < 1.29 is 8.76 Å². The van der Waals surface area contributed by atoms with Crippen molar-refractivity contribution in [1.82, 2.24) is 29.1 Å². The van der Waals surface area contributed by atoms with Crippen LogP contribution in [0.15, 0.2) is 48.5 Å². The summed E-state index contributed by atoms with van der Waals surface area (Å²) >= 11 is -2.02. The van der Waals surface area contributed by atoms with Crippen LogP contribution in [-0.4, -0.2) is 33.1 Å². The van der Waals surface area contributed by atoms with Gasteiger partial charge in [-0.05, 0) is 49.6 Å². The van der Waals surface area contributed by atoms with Crippen LogP contribution in [0.1, 0.15) is 28.2 Å². The van der Waals surface area contributed by atoms with Gasteiger partial charge < -0.3 is 5.32 Å². The van der Waals surface area contributed by atoms with Crippen molar-refractivity contribution in [2.24, 2.45) is 7.05 Å². The molecule has 5 rings (SSSR count). The monoisotopic (exact) mass is 489 g/mol. The fraction of sp³-hybridized carbons (Fsp3) is 0.240. The first-order valence-corrected chi connectivity index (χ1v) is 12.4. The zero-order valence-corrected chi connectivity index (χ0v) is 20.8. The van der Waals surface area contributed by atoms with Gasteiger partial charge >= 0.3 is 0 Å². The van der Waals surface area contributed by atoms with Gasteiger partial charge in [-0.15, -0.1) is 0 Å². The molecule has 1 atom stereocenters. The summed E-state index contributed by atoms with van der Waals surface area (Å²) in [6, 6.07) is 16.2. The molecule has 3 N–H and O–H groups in total. The molecule has 0 radical (unpaired) electrons. The molecular formula is C25H27N7O2S. The fourth-order valence-corrected chi connectivity index (χ4v) is 4.71. The molecule has 0 saturated heterocycles. The normalized spacial score (nSPS) is 12.5. The van der Waals surface area contributed by atoms with Crippen LogP contribution in [0.4, 0.5) is 5.82 Å². The SMILES string of the molecule is Cc1cc(NCc2ccc(CNS(=O)O)cc2)n2nc(C)c(-c3ccc4c(c3)c(C)nn4C)c2n1. The largest absolute Gasteiger partial charge is 0.366 e. The minimum absolute atomic E-state index is 0.334. The van der Waals surface area contributed by atoms with E-state index in [1.54, 1.807) is 0 Å². The van der Waals surface area contributed by atoms with E-state index >= 15 is 0 Å². The van der Waals surface area contributed by atoms with Crippen molar-refractivity contribution in [3.63, 3.8) is 0 Å². The summed E-state index contributed by atoms with van der Waals surface area (Å²) in [4.78, 5) is 4.83. The van der Waals surface area contributed by atoms with Crippen molar-refractivity contribution in [2.45, 2.75) is 33.9 Å². The highest BCUT2D eigenvalue weighted by Crippen LogP contribution is 2.32. The third-order valence-electron chi connectivity index (χ3n) is 6.11. The van der Waals surface area contributed by atoms with Gasteiger partial charge in [0.05, 0.1) is 16.9 Å². The van der Waals surface area contributed by atoms with E-state index in [2.05, 4.69) is 33.3 Å². The highest BCUT2D eigenvalue weighted by atomic mass is 32.2. The molecule has 3 aromatic heterocycles. The van der Waals surface area contributed by atoms with Gasteiger partial charge in [0, 0.05) is 42.8 Å². The molecule has 9 nitrogen and oxygen atoms in total. The molecule has 2 aromatic carbocycles. The first-order valence-electron chi connectivity index (χ1n) is 11.3. The summed E-state index contributed by atoms with van der Waals surface area (Å²) in [6.07, 6.45) is 0. The minimum atomic E-state index is -2.02. The zero-order chi connectivity index (χ0) is 24.7. The lowest BCUT2D eigenvalue weighted by molar-refractivity contribution is 0.548. The summed E-state index contributed by atoms with van der Waals surface area (Å²) < 4.78 is 25.9. The Kier molecular flexibility index (Phi) is 6.10. The van der Waals surface area contributed by atoms with Crippen molar-refractivity contribution in [3.8, 4) is 11.1 Å². The van der Waals surface area contributed by atoms with E-state index in [9.17, 15) is 4.21 Å². The first kappa shape index (κ1) is 23.2. The molecule has 0 spiro atoms.